The van der Waals surface area contributed by atoms with Gasteiger partial charge in [-0.2, -0.15) is 0 Å². The van der Waals surface area contributed by atoms with Crippen molar-refractivity contribution in [3.05, 3.63) is 71.0 Å². The van der Waals surface area contributed by atoms with Crippen molar-refractivity contribution in [1.82, 2.24) is 9.80 Å². The first-order valence-electron chi connectivity index (χ1n) is 10.1. The number of carbonyl (C=O) groups is 3. The summed E-state index contributed by atoms with van der Waals surface area (Å²) in [4.78, 5) is 37.1. The maximum atomic E-state index is 14.6. The molecule has 1 aliphatic heterocycles. The first-order valence-corrected chi connectivity index (χ1v) is 10.1. The number of aryl methyl sites for hydroxylation is 1. The van der Waals surface area contributed by atoms with Crippen LogP contribution in [0.3, 0.4) is 0 Å². The lowest BCUT2D eigenvalue weighted by Crippen LogP contribution is -2.60. The van der Waals surface area contributed by atoms with Crippen LogP contribution in [0, 0.1) is 12.7 Å². The van der Waals surface area contributed by atoms with Crippen LogP contribution in [0.5, 0.6) is 0 Å². The van der Waals surface area contributed by atoms with Crippen molar-refractivity contribution >= 4 is 17.8 Å². The molecule has 33 heavy (non-hydrogen) atoms. The SMILES string of the molecule is Cc1ccc(CC(F)(F)CN2C(=O)CC(=O)N(CC(F)(F)Cc3ccc(F)cc3)C2=O)cc1. The molecular weight excluding hydrogens is 447 g/mol. The zero-order chi connectivity index (χ0) is 24.4. The van der Waals surface area contributed by atoms with E-state index in [0.29, 0.717) is 0 Å². The van der Waals surface area contributed by atoms with E-state index in [1.54, 1.807) is 19.1 Å². The fourth-order valence-electron chi connectivity index (χ4n) is 3.47. The highest BCUT2D eigenvalue weighted by molar-refractivity contribution is 6.14. The maximum Gasteiger partial charge on any atom is 0.333 e. The molecule has 3 rings (SSSR count). The molecule has 1 fully saturated rings. The van der Waals surface area contributed by atoms with Crippen LogP contribution in [0.2, 0.25) is 0 Å². The smallest absolute Gasteiger partial charge is 0.274 e. The first-order chi connectivity index (χ1) is 15.3. The van der Waals surface area contributed by atoms with Crippen LogP contribution < -0.4 is 0 Å². The van der Waals surface area contributed by atoms with Crippen molar-refractivity contribution in [2.45, 2.75) is 38.0 Å². The maximum absolute atomic E-state index is 14.6. The van der Waals surface area contributed by atoms with Crippen molar-refractivity contribution in [3.63, 3.8) is 0 Å². The highest BCUT2D eigenvalue weighted by atomic mass is 19.3. The number of nitrogens with zero attached hydrogens (tertiary/aromatic N) is 2. The summed E-state index contributed by atoms with van der Waals surface area (Å²) < 4.78 is 71.2. The lowest BCUT2D eigenvalue weighted by Gasteiger charge is -2.36. The summed E-state index contributed by atoms with van der Waals surface area (Å²) in [5.74, 6) is -10.2. The van der Waals surface area contributed by atoms with Gasteiger partial charge in [-0.05, 0) is 30.2 Å². The molecule has 1 heterocycles. The second-order valence-electron chi connectivity index (χ2n) is 8.10. The molecule has 2 aromatic carbocycles. The zero-order valence-electron chi connectivity index (χ0n) is 17.7. The topological polar surface area (TPSA) is 57.7 Å². The number of hydrogen-bond donors (Lipinski definition) is 0. The van der Waals surface area contributed by atoms with E-state index in [2.05, 4.69) is 0 Å². The third kappa shape index (κ3) is 6.36. The summed E-state index contributed by atoms with van der Waals surface area (Å²) in [6.07, 6.45) is -2.67. The van der Waals surface area contributed by atoms with E-state index in [-0.39, 0.29) is 20.9 Å². The Labute approximate surface area is 186 Å². The molecule has 0 atom stereocenters. The van der Waals surface area contributed by atoms with Gasteiger partial charge in [-0.1, -0.05) is 42.0 Å². The number of halogens is 5. The normalized spacial score (nSPS) is 15.4. The lowest BCUT2D eigenvalue weighted by molar-refractivity contribution is -0.149. The third-order valence-corrected chi connectivity index (χ3v) is 5.10. The van der Waals surface area contributed by atoms with Gasteiger partial charge in [0.15, 0.2) is 0 Å². The summed E-state index contributed by atoms with van der Waals surface area (Å²) in [7, 11) is 0. The van der Waals surface area contributed by atoms with E-state index in [0.717, 1.165) is 29.8 Å². The molecule has 0 N–H and O–H groups in total. The van der Waals surface area contributed by atoms with Crippen LogP contribution >= 0.6 is 0 Å². The summed E-state index contributed by atoms with van der Waals surface area (Å²) >= 11 is 0. The minimum absolute atomic E-state index is 0.0517. The molecule has 0 unspecified atom stereocenters. The number of urea groups is 1. The zero-order valence-corrected chi connectivity index (χ0v) is 17.7. The number of amides is 4. The molecule has 0 aliphatic carbocycles. The summed E-state index contributed by atoms with van der Waals surface area (Å²) in [5, 5.41) is 0. The van der Waals surface area contributed by atoms with Gasteiger partial charge in [0.1, 0.15) is 12.2 Å². The van der Waals surface area contributed by atoms with Crippen molar-refractivity contribution in [1.29, 1.82) is 0 Å². The number of alkyl halides is 4. The average molecular weight is 468 g/mol. The number of hydrogen-bond acceptors (Lipinski definition) is 3. The Balaban J connectivity index is 1.71. The third-order valence-electron chi connectivity index (χ3n) is 5.10. The fourth-order valence-corrected chi connectivity index (χ4v) is 3.47. The Morgan fingerprint density at radius 2 is 1.12 bits per heavy atom. The highest BCUT2D eigenvalue weighted by Crippen LogP contribution is 2.27. The number of benzene rings is 2. The van der Waals surface area contributed by atoms with Gasteiger partial charge in [0.2, 0.25) is 11.8 Å². The lowest BCUT2D eigenvalue weighted by atomic mass is 10.0. The standard InChI is InChI=1S/C23H21F5N2O3/c1-15-2-4-16(5-3-15)11-22(25,26)13-29-19(31)10-20(32)30(21(29)33)14-23(27,28)12-17-6-8-18(24)9-7-17/h2-9H,10-14H2,1H3. The van der Waals surface area contributed by atoms with Gasteiger partial charge in [-0.3, -0.25) is 19.4 Å². The predicted octanol–water partition coefficient (Wildman–Crippen LogP) is 4.37. The van der Waals surface area contributed by atoms with Gasteiger partial charge in [0.05, 0.1) is 13.1 Å². The van der Waals surface area contributed by atoms with Gasteiger partial charge < -0.3 is 0 Å². The minimum Gasteiger partial charge on any atom is -0.274 e. The van der Waals surface area contributed by atoms with Gasteiger partial charge in [0, 0.05) is 12.8 Å². The molecule has 1 saturated heterocycles. The number of rotatable bonds is 8. The Morgan fingerprint density at radius 3 is 1.55 bits per heavy atom. The van der Waals surface area contributed by atoms with E-state index in [1.165, 1.54) is 12.1 Å². The van der Waals surface area contributed by atoms with E-state index in [4.69, 9.17) is 0 Å². The Morgan fingerprint density at radius 1 is 0.727 bits per heavy atom. The largest absolute Gasteiger partial charge is 0.333 e. The average Bonchev–Trinajstić information content (AvgIpc) is 2.72. The molecule has 0 radical (unpaired) electrons. The van der Waals surface area contributed by atoms with Crippen LogP contribution in [-0.4, -0.2) is 52.6 Å². The predicted molar refractivity (Wildman–Crippen MR) is 108 cm³/mol. The van der Waals surface area contributed by atoms with E-state index in [1.807, 2.05) is 0 Å². The van der Waals surface area contributed by atoms with Crippen molar-refractivity contribution in [2.75, 3.05) is 13.1 Å². The van der Waals surface area contributed by atoms with Gasteiger partial charge in [0.25, 0.3) is 11.8 Å². The second-order valence-corrected chi connectivity index (χ2v) is 8.10. The molecule has 10 heteroatoms. The number of barbiturate groups is 1. The van der Waals surface area contributed by atoms with Gasteiger partial charge in [-0.15, -0.1) is 0 Å². The van der Waals surface area contributed by atoms with E-state index in [9.17, 15) is 36.3 Å². The monoisotopic (exact) mass is 468 g/mol. The van der Waals surface area contributed by atoms with Crippen LogP contribution in [0.15, 0.2) is 48.5 Å². The number of carbonyl (C=O) groups excluding carboxylic acids is 3. The number of imide groups is 2. The molecule has 2 aromatic rings. The molecule has 1 aliphatic rings. The van der Waals surface area contributed by atoms with Crippen molar-refractivity contribution < 1.29 is 36.3 Å². The van der Waals surface area contributed by atoms with Crippen LogP contribution in [0.1, 0.15) is 23.1 Å². The van der Waals surface area contributed by atoms with Crippen LogP contribution in [-0.2, 0) is 22.4 Å². The Bertz CT molecular complexity index is 958. The second kappa shape index (κ2) is 9.29. The summed E-state index contributed by atoms with van der Waals surface area (Å²) in [6, 6.07) is 8.94. The molecule has 0 bridgehead atoms. The Hall–Kier alpha value is -3.30. The molecule has 0 saturated carbocycles. The summed E-state index contributed by atoms with van der Waals surface area (Å²) in [6.45, 7) is -0.953. The van der Waals surface area contributed by atoms with E-state index < -0.39 is 67.9 Å². The van der Waals surface area contributed by atoms with E-state index >= 15 is 0 Å². The van der Waals surface area contributed by atoms with Crippen molar-refractivity contribution in [2.24, 2.45) is 0 Å². The quantitative estimate of drug-likeness (QED) is 0.427. The minimum atomic E-state index is -3.63. The Kier molecular flexibility index (Phi) is 6.85. The van der Waals surface area contributed by atoms with Crippen LogP contribution in [0.25, 0.3) is 0 Å². The first kappa shape index (κ1) is 24.3. The van der Waals surface area contributed by atoms with Gasteiger partial charge in [-0.25, -0.2) is 26.7 Å². The fraction of sp³-hybridized carbons (Fsp3) is 0.348. The molecule has 176 valence electrons. The van der Waals surface area contributed by atoms with Crippen molar-refractivity contribution in [3.8, 4) is 0 Å². The highest BCUT2D eigenvalue weighted by Gasteiger charge is 2.46. The molecular formula is C23H21F5N2O3. The van der Waals surface area contributed by atoms with Crippen LogP contribution in [0.4, 0.5) is 26.7 Å². The summed E-state index contributed by atoms with van der Waals surface area (Å²) in [5.41, 5.74) is 1.18. The molecule has 4 amide bonds. The molecule has 0 aromatic heterocycles. The molecule has 5 nitrogen and oxygen atoms in total. The molecule has 0 spiro atoms. The van der Waals surface area contributed by atoms with Gasteiger partial charge >= 0.3 is 6.03 Å².